The van der Waals surface area contributed by atoms with Crippen LogP contribution in [0.5, 0.6) is 0 Å². The van der Waals surface area contributed by atoms with Gasteiger partial charge in [0.15, 0.2) is 0 Å². The average molecular weight is 413 g/mol. The summed E-state index contributed by atoms with van der Waals surface area (Å²) in [6.07, 6.45) is -1.09. The Bertz CT molecular complexity index is 793. The second-order valence-electron chi connectivity index (χ2n) is 6.15. The summed E-state index contributed by atoms with van der Waals surface area (Å²) in [5.74, 6) is -0.833. The van der Waals surface area contributed by atoms with Gasteiger partial charge in [0.1, 0.15) is 5.82 Å². The maximum Gasteiger partial charge on any atom is 0.419 e. The van der Waals surface area contributed by atoms with Crippen molar-refractivity contribution in [2.75, 3.05) is 26.2 Å². The Hall–Kier alpha value is -2.42. The van der Waals surface area contributed by atoms with E-state index in [1.54, 1.807) is 13.0 Å². The summed E-state index contributed by atoms with van der Waals surface area (Å²) in [6.45, 7) is 10.4. The summed E-state index contributed by atoms with van der Waals surface area (Å²) in [7, 11) is 0. The van der Waals surface area contributed by atoms with Gasteiger partial charge in [0, 0.05) is 32.4 Å². The molecule has 0 amide bonds. The van der Waals surface area contributed by atoms with Crippen LogP contribution in [0.4, 0.5) is 23.2 Å². The van der Waals surface area contributed by atoms with E-state index >= 15 is 0 Å². The number of hydrogen-bond acceptors (Lipinski definition) is 5. The van der Waals surface area contributed by atoms with Crippen molar-refractivity contribution in [2.45, 2.75) is 40.3 Å². The number of hydrogen-bond donors (Lipinski definition) is 1. The Labute approximate surface area is 168 Å². The number of nitrogens with one attached hydrogen (secondary N) is 1. The van der Waals surface area contributed by atoms with Crippen LogP contribution in [0.25, 0.3) is 5.70 Å². The van der Waals surface area contributed by atoms with E-state index in [0.717, 1.165) is 19.2 Å². The molecule has 3 rings (SSSR count). The van der Waals surface area contributed by atoms with E-state index in [2.05, 4.69) is 15.4 Å². The third kappa shape index (κ3) is 4.77. The Balaban J connectivity index is 0.00000145. The highest BCUT2D eigenvalue weighted by atomic mass is 19.4. The van der Waals surface area contributed by atoms with Gasteiger partial charge in [-0.3, -0.25) is 0 Å². The maximum absolute atomic E-state index is 14.9. The summed E-state index contributed by atoms with van der Waals surface area (Å²) >= 11 is 0. The van der Waals surface area contributed by atoms with Crippen LogP contribution in [0.1, 0.15) is 45.2 Å². The van der Waals surface area contributed by atoms with Crippen LogP contribution in [-0.4, -0.2) is 48.3 Å². The molecule has 2 aliphatic rings. The molecule has 1 aromatic rings. The minimum atomic E-state index is -4.78. The van der Waals surface area contributed by atoms with Gasteiger partial charge in [-0.1, -0.05) is 26.8 Å². The molecule has 5 nitrogen and oxygen atoms in total. The molecule has 0 unspecified atom stereocenters. The summed E-state index contributed by atoms with van der Waals surface area (Å²) in [6, 6.07) is 1.97. The molecule has 0 atom stereocenters. The van der Waals surface area contributed by atoms with Gasteiger partial charge in [0.25, 0.3) is 0 Å². The van der Waals surface area contributed by atoms with Crippen LogP contribution in [-0.2, 0) is 6.18 Å². The third-order valence-electron chi connectivity index (χ3n) is 4.35. The standard InChI is InChI=1S/C18H21F4N5.C2H6/c1-3-5-14-15-13(7-6-12(16(15)19)18(20,21)22)25-17(27(14)24-4-2)26-10-8-23-9-11-26;1-2/h4-7,23H,3,8-11H2,1-2H3;1-2H3/b14-5+,24-4-;. The SMILES string of the molecule is C/C=N\N1C(N2CCNCC2)=Nc2ccc(C(F)(F)F)c(F)c2/C1=C\CC.CC. The molecule has 2 heterocycles. The zero-order chi connectivity index (χ0) is 21.6. The van der Waals surface area contributed by atoms with Crippen LogP contribution < -0.4 is 5.32 Å². The van der Waals surface area contributed by atoms with E-state index in [9.17, 15) is 17.6 Å². The molecule has 0 aromatic heterocycles. The molecule has 0 aliphatic carbocycles. The van der Waals surface area contributed by atoms with Crippen molar-refractivity contribution in [1.82, 2.24) is 15.2 Å². The first-order chi connectivity index (χ1) is 13.9. The molecule has 0 saturated carbocycles. The molecule has 1 saturated heterocycles. The molecule has 0 bridgehead atoms. The average Bonchev–Trinajstić information content (AvgIpc) is 2.71. The van der Waals surface area contributed by atoms with E-state index in [4.69, 9.17) is 0 Å². The molecule has 1 aromatic carbocycles. The van der Waals surface area contributed by atoms with E-state index in [1.165, 1.54) is 17.3 Å². The first kappa shape index (κ1) is 22.9. The molecular weight excluding hydrogens is 386 g/mol. The number of rotatable bonds is 2. The first-order valence-corrected chi connectivity index (χ1v) is 9.81. The van der Waals surface area contributed by atoms with Crippen molar-refractivity contribution in [3.8, 4) is 0 Å². The number of fused-ring (bicyclic) bond motifs is 1. The van der Waals surface area contributed by atoms with Gasteiger partial charge in [-0.15, -0.1) is 0 Å². The van der Waals surface area contributed by atoms with Crippen molar-refractivity contribution in [3.63, 3.8) is 0 Å². The molecule has 9 heteroatoms. The predicted octanol–water partition coefficient (Wildman–Crippen LogP) is 4.84. The highest BCUT2D eigenvalue weighted by molar-refractivity contribution is 5.97. The number of hydrazone groups is 1. The number of alkyl halides is 3. The lowest BCUT2D eigenvalue weighted by molar-refractivity contribution is -0.140. The van der Waals surface area contributed by atoms with E-state index in [0.29, 0.717) is 25.5 Å². The summed E-state index contributed by atoms with van der Waals surface area (Å²) in [5, 5.41) is 8.94. The number of aliphatic imine (C=N–C) groups is 1. The van der Waals surface area contributed by atoms with E-state index in [-0.39, 0.29) is 16.9 Å². The molecule has 1 fully saturated rings. The smallest absolute Gasteiger partial charge is 0.338 e. The number of guanidine groups is 1. The quantitative estimate of drug-likeness (QED) is 0.558. The van der Waals surface area contributed by atoms with Crippen molar-refractivity contribution in [2.24, 2.45) is 10.1 Å². The Morgan fingerprint density at radius 1 is 1.21 bits per heavy atom. The maximum atomic E-state index is 14.9. The Morgan fingerprint density at radius 3 is 2.41 bits per heavy atom. The Morgan fingerprint density at radius 2 is 1.86 bits per heavy atom. The van der Waals surface area contributed by atoms with Gasteiger partial charge in [-0.25, -0.2) is 14.4 Å². The van der Waals surface area contributed by atoms with Gasteiger partial charge in [0.2, 0.25) is 5.96 Å². The molecule has 0 radical (unpaired) electrons. The highest BCUT2D eigenvalue weighted by Crippen LogP contribution is 2.42. The normalized spacial score (nSPS) is 18.5. The number of allylic oxidation sites excluding steroid dienone is 1. The lowest BCUT2D eigenvalue weighted by Crippen LogP contribution is -2.51. The first-order valence-electron chi connectivity index (χ1n) is 9.81. The van der Waals surface area contributed by atoms with Gasteiger partial charge in [-0.2, -0.15) is 18.3 Å². The zero-order valence-corrected chi connectivity index (χ0v) is 17.1. The monoisotopic (exact) mass is 413 g/mol. The van der Waals surface area contributed by atoms with E-state index in [1.807, 2.05) is 25.7 Å². The van der Waals surface area contributed by atoms with Crippen LogP contribution in [0, 0.1) is 5.82 Å². The van der Waals surface area contributed by atoms with Crippen LogP contribution in [0.2, 0.25) is 0 Å². The highest BCUT2D eigenvalue weighted by Gasteiger charge is 2.39. The van der Waals surface area contributed by atoms with Gasteiger partial charge in [-0.05, 0) is 25.5 Å². The second-order valence-corrected chi connectivity index (χ2v) is 6.15. The second kappa shape index (κ2) is 9.87. The molecule has 1 N–H and O–H groups in total. The molecule has 2 aliphatic heterocycles. The molecule has 0 spiro atoms. The zero-order valence-electron chi connectivity index (χ0n) is 17.1. The van der Waals surface area contributed by atoms with Gasteiger partial charge < -0.3 is 10.2 Å². The fourth-order valence-electron chi connectivity index (χ4n) is 3.17. The van der Waals surface area contributed by atoms with E-state index < -0.39 is 17.6 Å². The number of piperazine rings is 1. The summed E-state index contributed by atoms with van der Waals surface area (Å²) in [5.41, 5.74) is -1.02. The lowest BCUT2D eigenvalue weighted by Gasteiger charge is -2.37. The fourth-order valence-corrected chi connectivity index (χ4v) is 3.17. The van der Waals surface area contributed by atoms with Crippen molar-refractivity contribution in [3.05, 3.63) is 35.2 Å². The number of nitrogens with zero attached hydrogens (tertiary/aromatic N) is 4. The molecule has 29 heavy (non-hydrogen) atoms. The summed E-state index contributed by atoms with van der Waals surface area (Å²) in [4.78, 5) is 6.46. The third-order valence-corrected chi connectivity index (χ3v) is 4.35. The minimum Gasteiger partial charge on any atom is -0.338 e. The predicted molar refractivity (Wildman–Crippen MR) is 109 cm³/mol. The molecular formula is C20H27F4N5. The van der Waals surface area contributed by atoms with Crippen LogP contribution in [0.3, 0.4) is 0 Å². The van der Waals surface area contributed by atoms with Crippen molar-refractivity contribution < 1.29 is 17.6 Å². The largest absolute Gasteiger partial charge is 0.419 e. The van der Waals surface area contributed by atoms with Crippen LogP contribution >= 0.6 is 0 Å². The Kier molecular flexibility index (Phi) is 7.78. The molecule has 160 valence electrons. The van der Waals surface area contributed by atoms with Crippen LogP contribution in [0.15, 0.2) is 28.3 Å². The number of benzene rings is 1. The van der Waals surface area contributed by atoms with Crippen molar-refractivity contribution in [1.29, 1.82) is 0 Å². The topological polar surface area (TPSA) is 43.2 Å². The van der Waals surface area contributed by atoms with Gasteiger partial charge in [0.05, 0.1) is 22.5 Å². The van der Waals surface area contributed by atoms with Crippen molar-refractivity contribution >= 4 is 23.6 Å². The lowest BCUT2D eigenvalue weighted by atomic mass is 10.0. The van der Waals surface area contributed by atoms with Gasteiger partial charge >= 0.3 is 6.18 Å². The summed E-state index contributed by atoms with van der Waals surface area (Å²) < 4.78 is 54.4. The fraction of sp³-hybridized carbons (Fsp3) is 0.500. The number of halogens is 4. The minimum absolute atomic E-state index is 0.170.